The smallest absolute Gasteiger partial charge is 0.300 e. The molecule has 0 spiro atoms. The van der Waals surface area contributed by atoms with Crippen molar-refractivity contribution >= 4 is 13.3 Å². The van der Waals surface area contributed by atoms with Crippen LogP contribution in [0.1, 0.15) is 18.4 Å². The molecule has 0 fully saturated rings. The molecule has 0 aliphatic carbocycles. The average molecular weight is 316 g/mol. The summed E-state index contributed by atoms with van der Waals surface area (Å²) < 4.78 is 1.60. The fourth-order valence-corrected chi connectivity index (χ4v) is 5.18. The second-order valence-corrected chi connectivity index (χ2v) is 11.3. The van der Waals surface area contributed by atoms with Crippen molar-refractivity contribution in [2.75, 3.05) is 0 Å². The fraction of sp³-hybridized carbons (Fsp3) is 0.412. The number of unbranched alkanes of at least 4 members (excludes halogenated alkanes) is 1. The zero-order valence-corrected chi connectivity index (χ0v) is 14.6. The number of rotatable bonds is 6. The quantitative estimate of drug-likeness (QED) is 0.656. The van der Waals surface area contributed by atoms with E-state index in [1.165, 1.54) is 11.2 Å². The standard InChI is InChI=1S/C17H24N2O2Si/c1-14-13-19(17(21)18-16(14)20)11-7-8-12-22(2,3)15-9-5-4-6-10-15/h4-6,9-10,13H,7-8,11-12H2,1-3H3,(H,18,20,21). The molecule has 2 aromatic rings. The van der Waals surface area contributed by atoms with Gasteiger partial charge < -0.3 is 4.57 Å². The Labute approximate surface area is 131 Å². The number of nitrogens with zero attached hydrogens (tertiary/aromatic N) is 1. The van der Waals surface area contributed by atoms with E-state index < -0.39 is 8.07 Å². The molecule has 1 heterocycles. The van der Waals surface area contributed by atoms with Crippen LogP contribution in [0.25, 0.3) is 0 Å². The van der Waals surface area contributed by atoms with Crippen molar-refractivity contribution in [3.8, 4) is 0 Å². The lowest BCUT2D eigenvalue weighted by atomic mass is 10.3. The molecule has 0 atom stereocenters. The van der Waals surface area contributed by atoms with Crippen LogP contribution in [0.4, 0.5) is 0 Å². The van der Waals surface area contributed by atoms with E-state index in [0.717, 1.165) is 12.8 Å². The van der Waals surface area contributed by atoms with Gasteiger partial charge in [-0.1, -0.05) is 61.1 Å². The molecule has 0 aliphatic rings. The van der Waals surface area contributed by atoms with Crippen molar-refractivity contribution in [2.24, 2.45) is 0 Å². The second-order valence-electron chi connectivity index (χ2n) is 6.47. The van der Waals surface area contributed by atoms with Gasteiger partial charge in [0.2, 0.25) is 0 Å². The molecule has 22 heavy (non-hydrogen) atoms. The van der Waals surface area contributed by atoms with Crippen molar-refractivity contribution < 1.29 is 0 Å². The molecule has 4 nitrogen and oxygen atoms in total. The normalized spacial score (nSPS) is 11.6. The average Bonchev–Trinajstić information content (AvgIpc) is 2.49. The zero-order chi connectivity index (χ0) is 16.2. The number of hydrogen-bond acceptors (Lipinski definition) is 2. The van der Waals surface area contributed by atoms with Crippen LogP contribution in [-0.4, -0.2) is 17.6 Å². The molecule has 2 rings (SSSR count). The second kappa shape index (κ2) is 6.92. The first-order valence-corrected chi connectivity index (χ1v) is 11.0. The van der Waals surface area contributed by atoms with Crippen molar-refractivity contribution in [1.82, 2.24) is 9.55 Å². The third-order valence-corrected chi connectivity index (χ3v) is 7.69. The Morgan fingerprint density at radius 1 is 1.09 bits per heavy atom. The van der Waals surface area contributed by atoms with E-state index in [4.69, 9.17) is 0 Å². The minimum Gasteiger partial charge on any atom is -0.300 e. The highest BCUT2D eigenvalue weighted by Crippen LogP contribution is 2.14. The van der Waals surface area contributed by atoms with Gasteiger partial charge in [0.25, 0.3) is 5.56 Å². The van der Waals surface area contributed by atoms with Crippen molar-refractivity contribution in [1.29, 1.82) is 0 Å². The molecule has 0 unspecified atom stereocenters. The van der Waals surface area contributed by atoms with Crippen molar-refractivity contribution in [3.05, 3.63) is 62.9 Å². The lowest BCUT2D eigenvalue weighted by molar-refractivity contribution is 0.592. The summed E-state index contributed by atoms with van der Waals surface area (Å²) >= 11 is 0. The molecule has 0 radical (unpaired) electrons. The van der Waals surface area contributed by atoms with Gasteiger partial charge in [-0.05, 0) is 13.3 Å². The predicted octanol–water partition coefficient (Wildman–Crippen LogP) is 2.24. The van der Waals surface area contributed by atoms with Crippen LogP contribution in [-0.2, 0) is 6.54 Å². The summed E-state index contributed by atoms with van der Waals surface area (Å²) in [5.41, 5.74) is -0.0207. The highest BCUT2D eigenvalue weighted by molar-refractivity contribution is 6.89. The molecule has 0 amide bonds. The van der Waals surface area contributed by atoms with E-state index >= 15 is 0 Å². The first-order chi connectivity index (χ1) is 10.4. The lowest BCUT2D eigenvalue weighted by Gasteiger charge is -2.22. The molecule has 5 heteroatoms. The zero-order valence-electron chi connectivity index (χ0n) is 13.6. The molecule has 1 N–H and O–H groups in total. The summed E-state index contributed by atoms with van der Waals surface area (Å²) in [5.74, 6) is 0. The Morgan fingerprint density at radius 3 is 2.45 bits per heavy atom. The minimum atomic E-state index is -1.40. The van der Waals surface area contributed by atoms with Gasteiger partial charge in [-0.3, -0.25) is 9.78 Å². The lowest BCUT2D eigenvalue weighted by Crippen LogP contribution is -2.40. The van der Waals surface area contributed by atoms with Gasteiger partial charge in [0.15, 0.2) is 0 Å². The van der Waals surface area contributed by atoms with E-state index in [-0.39, 0.29) is 11.2 Å². The summed E-state index contributed by atoms with van der Waals surface area (Å²) in [7, 11) is -1.40. The Bertz CT molecular complexity index is 732. The number of aromatic nitrogens is 2. The molecular weight excluding hydrogens is 292 g/mol. The minimum absolute atomic E-state index is 0.293. The Hall–Kier alpha value is -1.88. The SMILES string of the molecule is Cc1cn(CCCC[Si](C)(C)c2ccccc2)c(=O)[nH]c1=O. The molecule has 118 valence electrons. The van der Waals surface area contributed by atoms with Crippen LogP contribution in [0.15, 0.2) is 46.1 Å². The van der Waals surface area contributed by atoms with Gasteiger partial charge in [-0.25, -0.2) is 4.79 Å². The summed E-state index contributed by atoms with van der Waals surface area (Å²) in [5, 5.41) is 1.48. The van der Waals surface area contributed by atoms with Crippen molar-refractivity contribution in [2.45, 2.75) is 45.4 Å². The fourth-order valence-electron chi connectivity index (χ4n) is 2.67. The van der Waals surface area contributed by atoms with Gasteiger partial charge in [-0.2, -0.15) is 0 Å². The summed E-state index contributed by atoms with van der Waals surface area (Å²) in [6.07, 6.45) is 3.70. The van der Waals surface area contributed by atoms with Crippen LogP contribution in [0.2, 0.25) is 19.1 Å². The first-order valence-electron chi connectivity index (χ1n) is 7.76. The summed E-state index contributed by atoms with van der Waals surface area (Å²) in [6, 6.07) is 11.9. The molecule has 0 saturated carbocycles. The van der Waals surface area contributed by atoms with E-state index in [2.05, 4.69) is 48.4 Å². The maximum Gasteiger partial charge on any atom is 0.328 e. The predicted molar refractivity (Wildman–Crippen MR) is 93.7 cm³/mol. The highest BCUT2D eigenvalue weighted by atomic mass is 28.3. The number of aromatic amines is 1. The number of hydrogen-bond donors (Lipinski definition) is 1. The van der Waals surface area contributed by atoms with E-state index in [9.17, 15) is 9.59 Å². The van der Waals surface area contributed by atoms with Crippen LogP contribution >= 0.6 is 0 Å². The molecule has 1 aromatic carbocycles. The third kappa shape index (κ3) is 4.07. The molecular formula is C17H24N2O2Si. The third-order valence-electron chi connectivity index (χ3n) is 4.20. The van der Waals surface area contributed by atoms with Gasteiger partial charge in [-0.15, -0.1) is 0 Å². The van der Waals surface area contributed by atoms with Crippen LogP contribution in [0.5, 0.6) is 0 Å². The molecule has 0 saturated heterocycles. The van der Waals surface area contributed by atoms with Gasteiger partial charge in [0, 0.05) is 18.3 Å². The topological polar surface area (TPSA) is 54.9 Å². The van der Waals surface area contributed by atoms with Crippen molar-refractivity contribution in [3.63, 3.8) is 0 Å². The Morgan fingerprint density at radius 2 is 1.77 bits per heavy atom. The Kier molecular flexibility index (Phi) is 5.18. The maximum absolute atomic E-state index is 11.7. The van der Waals surface area contributed by atoms with Gasteiger partial charge in [0.05, 0.1) is 8.07 Å². The van der Waals surface area contributed by atoms with Gasteiger partial charge >= 0.3 is 5.69 Å². The number of benzene rings is 1. The first kappa shape index (κ1) is 16.5. The summed E-state index contributed by atoms with van der Waals surface area (Å²) in [6.45, 7) is 7.16. The van der Waals surface area contributed by atoms with E-state index in [0.29, 0.717) is 12.1 Å². The number of aryl methyl sites for hydroxylation is 2. The van der Waals surface area contributed by atoms with E-state index in [1.54, 1.807) is 17.7 Å². The molecule has 0 aliphatic heterocycles. The summed E-state index contributed by atoms with van der Waals surface area (Å²) in [4.78, 5) is 25.4. The van der Waals surface area contributed by atoms with Crippen LogP contribution in [0.3, 0.4) is 0 Å². The largest absolute Gasteiger partial charge is 0.328 e. The van der Waals surface area contributed by atoms with Crippen LogP contribution in [0, 0.1) is 6.92 Å². The monoisotopic (exact) mass is 316 g/mol. The van der Waals surface area contributed by atoms with E-state index in [1.807, 2.05) is 0 Å². The number of nitrogens with one attached hydrogen (secondary N) is 1. The Balaban J connectivity index is 1.91. The maximum atomic E-state index is 11.7. The van der Waals surface area contributed by atoms with Crippen LogP contribution < -0.4 is 16.4 Å². The van der Waals surface area contributed by atoms with Gasteiger partial charge in [0.1, 0.15) is 0 Å². The number of H-pyrrole nitrogens is 1. The molecule has 0 bridgehead atoms. The highest BCUT2D eigenvalue weighted by Gasteiger charge is 2.22. The molecule has 1 aromatic heterocycles.